The van der Waals surface area contributed by atoms with Gasteiger partial charge in [-0.1, -0.05) is 0 Å². The van der Waals surface area contributed by atoms with E-state index in [9.17, 15) is 4.79 Å². The molecule has 21 heavy (non-hydrogen) atoms. The van der Waals surface area contributed by atoms with Crippen LogP contribution in [0.1, 0.15) is 20.8 Å². The normalized spacial score (nSPS) is 21.9. The third-order valence-electron chi connectivity index (χ3n) is 2.72. The van der Waals surface area contributed by atoms with Crippen molar-refractivity contribution in [3.05, 3.63) is 22.9 Å². The molecule has 1 fully saturated rings. The molecule has 2 atom stereocenters. The lowest BCUT2D eigenvalue weighted by molar-refractivity contribution is 0.0472. The predicted octanol–water partition coefficient (Wildman–Crippen LogP) is 2.52. The second-order valence-corrected chi connectivity index (χ2v) is 6.58. The van der Waals surface area contributed by atoms with Gasteiger partial charge in [0.1, 0.15) is 22.1 Å². The maximum absolute atomic E-state index is 11.8. The van der Waals surface area contributed by atoms with Crippen molar-refractivity contribution in [3.8, 4) is 5.75 Å². The molecule has 0 saturated carbocycles. The molecule has 0 aromatic carbocycles. The summed E-state index contributed by atoms with van der Waals surface area (Å²) in [6.07, 6.45) is 0.883. The summed E-state index contributed by atoms with van der Waals surface area (Å²) in [4.78, 5) is 15.9. The molecule has 1 saturated heterocycles. The van der Waals surface area contributed by atoms with Crippen molar-refractivity contribution in [1.29, 1.82) is 0 Å². The molecule has 7 heteroatoms. The molecular weight excluding hydrogens is 340 g/mol. The van der Waals surface area contributed by atoms with Gasteiger partial charge in [-0.3, -0.25) is 0 Å². The van der Waals surface area contributed by atoms with Crippen molar-refractivity contribution < 1.29 is 19.0 Å². The highest BCUT2D eigenvalue weighted by Gasteiger charge is 2.32. The van der Waals surface area contributed by atoms with Crippen LogP contribution in [0.4, 0.5) is 4.79 Å². The molecule has 116 valence electrons. The largest absolute Gasteiger partial charge is 0.484 e. The maximum Gasteiger partial charge on any atom is 0.408 e. The van der Waals surface area contributed by atoms with E-state index in [1.54, 1.807) is 18.3 Å². The van der Waals surface area contributed by atoms with Crippen LogP contribution in [0.15, 0.2) is 22.9 Å². The van der Waals surface area contributed by atoms with Gasteiger partial charge in [-0.2, -0.15) is 0 Å². The summed E-state index contributed by atoms with van der Waals surface area (Å²) in [5, 5.41) is 2.78. The first kappa shape index (κ1) is 16.0. The Morgan fingerprint density at radius 2 is 2.19 bits per heavy atom. The maximum atomic E-state index is 11.8. The van der Waals surface area contributed by atoms with Gasteiger partial charge in [0, 0.05) is 0 Å². The number of halogens is 1. The number of rotatable bonds is 3. The van der Waals surface area contributed by atoms with E-state index in [2.05, 4.69) is 26.2 Å². The first-order valence-electron chi connectivity index (χ1n) is 6.69. The van der Waals surface area contributed by atoms with Gasteiger partial charge in [-0.05, 0) is 48.8 Å². The third-order valence-corrected chi connectivity index (χ3v) is 3.19. The molecule has 2 rings (SSSR count). The highest BCUT2D eigenvalue weighted by atomic mass is 79.9. The number of aromatic nitrogens is 1. The van der Waals surface area contributed by atoms with Crippen LogP contribution in [0.25, 0.3) is 0 Å². The Morgan fingerprint density at radius 1 is 1.43 bits per heavy atom. The van der Waals surface area contributed by atoms with E-state index in [4.69, 9.17) is 14.2 Å². The second kappa shape index (κ2) is 6.62. The average molecular weight is 359 g/mol. The molecule has 0 aliphatic carbocycles. The van der Waals surface area contributed by atoms with E-state index in [0.717, 1.165) is 4.60 Å². The lowest BCUT2D eigenvalue weighted by Gasteiger charge is -2.24. The summed E-state index contributed by atoms with van der Waals surface area (Å²) in [5.74, 6) is 0.629. The molecule has 2 heterocycles. The first-order chi connectivity index (χ1) is 9.83. The Labute approximate surface area is 132 Å². The van der Waals surface area contributed by atoms with Crippen molar-refractivity contribution in [3.63, 3.8) is 0 Å². The molecule has 0 spiro atoms. The molecule has 1 aromatic heterocycles. The molecule has 1 N–H and O–H groups in total. The van der Waals surface area contributed by atoms with E-state index in [-0.39, 0.29) is 12.1 Å². The van der Waals surface area contributed by atoms with Crippen molar-refractivity contribution in [1.82, 2.24) is 10.3 Å². The Bertz CT molecular complexity index is 487. The van der Waals surface area contributed by atoms with Crippen LogP contribution in [0.5, 0.6) is 5.75 Å². The van der Waals surface area contributed by atoms with Gasteiger partial charge in [-0.15, -0.1) is 0 Å². The highest BCUT2D eigenvalue weighted by molar-refractivity contribution is 9.10. The molecule has 6 nitrogen and oxygen atoms in total. The number of carbonyl (C=O) groups is 1. The lowest BCUT2D eigenvalue weighted by Crippen LogP contribution is -2.46. The van der Waals surface area contributed by atoms with Crippen LogP contribution in [0, 0.1) is 0 Å². The molecule has 0 unspecified atom stereocenters. The fraction of sp³-hybridized carbons (Fsp3) is 0.571. The summed E-state index contributed by atoms with van der Waals surface area (Å²) in [7, 11) is 0. The zero-order valence-corrected chi connectivity index (χ0v) is 13.8. The van der Waals surface area contributed by atoms with Crippen molar-refractivity contribution in [2.75, 3.05) is 13.2 Å². The van der Waals surface area contributed by atoms with Crippen LogP contribution in [0.3, 0.4) is 0 Å². The van der Waals surface area contributed by atoms with E-state index in [1.807, 2.05) is 20.8 Å². The minimum atomic E-state index is -0.532. The predicted molar refractivity (Wildman–Crippen MR) is 80.3 cm³/mol. The third kappa shape index (κ3) is 5.17. The quantitative estimate of drug-likeness (QED) is 0.840. The summed E-state index contributed by atoms with van der Waals surface area (Å²) >= 11 is 3.27. The number of amides is 1. The monoisotopic (exact) mass is 358 g/mol. The zero-order chi connectivity index (χ0) is 15.5. The minimum Gasteiger partial charge on any atom is -0.484 e. The Morgan fingerprint density at radius 3 is 2.81 bits per heavy atom. The van der Waals surface area contributed by atoms with E-state index < -0.39 is 11.7 Å². The minimum absolute atomic E-state index is 0.247. The van der Waals surface area contributed by atoms with Crippen molar-refractivity contribution >= 4 is 22.0 Å². The molecule has 1 aromatic rings. The number of pyridine rings is 1. The van der Waals surface area contributed by atoms with Crippen molar-refractivity contribution in [2.45, 2.75) is 38.5 Å². The molecule has 1 aliphatic rings. The zero-order valence-electron chi connectivity index (χ0n) is 12.3. The Hall–Kier alpha value is -1.34. The van der Waals surface area contributed by atoms with Crippen LogP contribution in [0.2, 0.25) is 0 Å². The standard InChI is InChI=1S/C14H19BrN2O4/c1-14(2,3)21-13(18)17-10-7-19-8-11(10)20-9-4-5-12(15)16-6-9/h4-6,10-11H,7-8H2,1-3H3,(H,17,18)/t10-,11-/m0/s1. The number of carbonyl (C=O) groups excluding carboxylic acids is 1. The fourth-order valence-electron chi connectivity index (χ4n) is 1.85. The van der Waals surface area contributed by atoms with Gasteiger partial charge in [0.2, 0.25) is 0 Å². The number of hydrogen-bond donors (Lipinski definition) is 1. The average Bonchev–Trinajstić information content (AvgIpc) is 2.77. The summed E-state index contributed by atoms with van der Waals surface area (Å²) in [6.45, 7) is 6.27. The first-order valence-corrected chi connectivity index (χ1v) is 7.48. The van der Waals surface area contributed by atoms with Crippen LogP contribution in [-0.4, -0.2) is 42.0 Å². The Kier molecular flexibility index (Phi) is 5.05. The van der Waals surface area contributed by atoms with Crippen molar-refractivity contribution in [2.24, 2.45) is 0 Å². The van der Waals surface area contributed by atoms with Crippen LogP contribution < -0.4 is 10.1 Å². The number of alkyl carbamates (subject to hydrolysis) is 1. The van der Waals surface area contributed by atoms with E-state index in [0.29, 0.717) is 19.0 Å². The van der Waals surface area contributed by atoms with E-state index in [1.165, 1.54) is 0 Å². The van der Waals surface area contributed by atoms with Gasteiger partial charge in [-0.25, -0.2) is 9.78 Å². The summed E-state index contributed by atoms with van der Waals surface area (Å²) in [6, 6.07) is 3.35. The lowest BCUT2D eigenvalue weighted by atomic mass is 10.2. The van der Waals surface area contributed by atoms with Crippen LogP contribution in [-0.2, 0) is 9.47 Å². The molecular formula is C14H19BrN2O4. The van der Waals surface area contributed by atoms with Gasteiger partial charge >= 0.3 is 6.09 Å². The smallest absolute Gasteiger partial charge is 0.408 e. The summed E-state index contributed by atoms with van der Waals surface area (Å²) < 4.78 is 17.1. The van der Waals surface area contributed by atoms with E-state index >= 15 is 0 Å². The SMILES string of the molecule is CC(C)(C)OC(=O)N[C@H]1COC[C@@H]1Oc1ccc(Br)nc1. The van der Waals surface area contributed by atoms with Crippen LogP contribution >= 0.6 is 15.9 Å². The number of hydrogen-bond acceptors (Lipinski definition) is 5. The highest BCUT2D eigenvalue weighted by Crippen LogP contribution is 2.18. The van der Waals surface area contributed by atoms with Gasteiger partial charge in [0.05, 0.1) is 25.5 Å². The number of nitrogens with zero attached hydrogens (tertiary/aromatic N) is 1. The molecule has 1 aliphatic heterocycles. The molecule has 0 radical (unpaired) electrons. The van der Waals surface area contributed by atoms with Gasteiger partial charge in [0.25, 0.3) is 0 Å². The van der Waals surface area contributed by atoms with Gasteiger partial charge in [0.15, 0.2) is 0 Å². The molecule has 0 bridgehead atoms. The summed E-state index contributed by atoms with van der Waals surface area (Å²) in [5.41, 5.74) is -0.532. The molecule has 1 amide bonds. The number of ether oxygens (including phenoxy) is 3. The topological polar surface area (TPSA) is 69.7 Å². The Balaban J connectivity index is 1.91. The van der Waals surface area contributed by atoms with Gasteiger partial charge < -0.3 is 19.5 Å². The fourth-order valence-corrected chi connectivity index (χ4v) is 2.09. The second-order valence-electron chi connectivity index (χ2n) is 5.76. The number of nitrogens with one attached hydrogen (secondary N) is 1.